The highest BCUT2D eigenvalue weighted by molar-refractivity contribution is 6.75. The lowest BCUT2D eigenvalue weighted by molar-refractivity contribution is 1.14. The highest BCUT2D eigenvalue weighted by atomic mass is 29.1. The molecule has 0 aliphatic carbocycles. The third kappa shape index (κ3) is 162. The first-order valence-corrected chi connectivity index (χ1v) is 10.1. The minimum Gasteiger partial charge on any atom is -0.331 e. The average molecular weight is 107 g/mol. The summed E-state index contributed by atoms with van der Waals surface area (Å²) < 4.78 is 0. The minimum absolute atomic E-state index is 0.750. The summed E-state index contributed by atoms with van der Waals surface area (Å²) in [4.78, 5) is 0. The molecule has 0 aliphatic rings. The van der Waals surface area contributed by atoms with Gasteiger partial charge < -0.3 is 5.73 Å². The molecule has 3 heteroatoms. The summed E-state index contributed by atoms with van der Waals surface area (Å²) in [6, 6.07) is 0. The number of hydrogen-bond acceptors (Lipinski definition) is 1. The van der Waals surface area contributed by atoms with E-state index in [1.54, 1.807) is 0 Å². The predicted octanol–water partition coefficient (Wildman–Crippen LogP) is -2.40. The molecule has 0 aromatic rings. The Kier molecular flexibility index (Phi) is 47.1. The van der Waals surface area contributed by atoms with E-state index in [1.807, 2.05) is 6.92 Å². The molecule has 0 aliphatic heterocycles. The molecule has 0 heterocycles. The standard InChI is InChI=1S/C2H7N.H6Si2/c1-2-3;1-2/h2-3H2,1H3;1-2H3. The van der Waals surface area contributed by atoms with E-state index < -0.39 is 0 Å². The molecule has 0 bridgehead atoms. The Hall–Kier alpha value is 0.394. The molecule has 0 fully saturated rings. The molecule has 0 radical (unpaired) electrons. The van der Waals surface area contributed by atoms with Crippen LogP contribution in [0.4, 0.5) is 0 Å². The van der Waals surface area contributed by atoms with E-state index in [1.165, 1.54) is 19.5 Å². The second kappa shape index (κ2) is 26.1. The van der Waals surface area contributed by atoms with Gasteiger partial charge in [0.15, 0.2) is 0 Å². The molecule has 0 spiro atoms. The van der Waals surface area contributed by atoms with Gasteiger partial charge in [0.05, 0.1) is 0 Å². The van der Waals surface area contributed by atoms with E-state index >= 15 is 0 Å². The number of nitrogens with two attached hydrogens (primary N) is 1. The average Bonchev–Trinajstić information content (AvgIpc) is 1.46. The van der Waals surface area contributed by atoms with E-state index in [9.17, 15) is 0 Å². The van der Waals surface area contributed by atoms with E-state index in [0.717, 1.165) is 6.54 Å². The SMILES string of the molecule is CCN.[SiH3][SiH3]. The first-order chi connectivity index (χ1) is 2.41. The van der Waals surface area contributed by atoms with Gasteiger partial charge in [-0.15, -0.1) is 0 Å². The zero-order chi connectivity index (χ0) is 4.71. The van der Waals surface area contributed by atoms with Crippen LogP contribution in [0.15, 0.2) is 0 Å². The Balaban J connectivity index is 0. The van der Waals surface area contributed by atoms with Crippen molar-refractivity contribution in [2.45, 2.75) is 6.92 Å². The van der Waals surface area contributed by atoms with Crippen LogP contribution >= 0.6 is 0 Å². The fraction of sp³-hybridized carbons (Fsp3) is 1.00. The van der Waals surface area contributed by atoms with Gasteiger partial charge in [-0.2, -0.15) is 0 Å². The van der Waals surface area contributed by atoms with Crippen molar-refractivity contribution < 1.29 is 0 Å². The fourth-order valence-corrected chi connectivity index (χ4v) is 0. The smallest absolute Gasteiger partial charge is 0.0106 e. The normalized spacial score (nSPS) is 6.00. The van der Waals surface area contributed by atoms with Gasteiger partial charge in [0, 0.05) is 0 Å². The van der Waals surface area contributed by atoms with Crippen molar-refractivity contribution in [3.63, 3.8) is 0 Å². The van der Waals surface area contributed by atoms with Crippen molar-refractivity contribution in [1.29, 1.82) is 0 Å². The maximum absolute atomic E-state index is 4.85. The quantitative estimate of drug-likeness (QED) is 0.343. The van der Waals surface area contributed by atoms with Crippen molar-refractivity contribution in [2.75, 3.05) is 6.54 Å². The maximum atomic E-state index is 4.85. The lowest BCUT2D eigenvalue weighted by Gasteiger charge is -1.53. The van der Waals surface area contributed by atoms with Crippen LogP contribution < -0.4 is 5.73 Å². The fourth-order valence-electron chi connectivity index (χ4n) is 0. The van der Waals surface area contributed by atoms with Crippen LogP contribution in [0.3, 0.4) is 0 Å². The van der Waals surface area contributed by atoms with Gasteiger partial charge in [-0.25, -0.2) is 0 Å². The Labute approximate surface area is 39.6 Å². The number of hydrogen-bond donors (Lipinski definition) is 1. The maximum Gasteiger partial charge on any atom is -0.0106 e. The van der Waals surface area contributed by atoms with Crippen LogP contribution in [-0.2, 0) is 0 Å². The van der Waals surface area contributed by atoms with Crippen LogP contribution in [0.2, 0.25) is 0 Å². The summed E-state index contributed by atoms with van der Waals surface area (Å²) in [6.07, 6.45) is 0. The molecule has 0 atom stereocenters. The topological polar surface area (TPSA) is 26.0 Å². The highest BCUT2D eigenvalue weighted by Crippen LogP contribution is 1.20. The van der Waals surface area contributed by atoms with E-state index in [0.29, 0.717) is 0 Å². The Morgan fingerprint density at radius 1 is 1.60 bits per heavy atom. The largest absolute Gasteiger partial charge is 0.331 e. The van der Waals surface area contributed by atoms with Crippen molar-refractivity contribution in [2.24, 2.45) is 5.73 Å². The van der Waals surface area contributed by atoms with Gasteiger partial charge in [-0.1, -0.05) is 6.92 Å². The Morgan fingerprint density at radius 3 is 1.60 bits per heavy atom. The predicted molar refractivity (Wildman–Crippen MR) is 34.6 cm³/mol. The lowest BCUT2D eigenvalue weighted by atomic mass is 10.8. The molecular weight excluding hydrogens is 94.2 g/mol. The summed E-state index contributed by atoms with van der Waals surface area (Å²) in [6.45, 7) is 2.65. The van der Waals surface area contributed by atoms with Crippen LogP contribution in [0.1, 0.15) is 6.92 Å². The first-order valence-electron chi connectivity index (χ1n) is 2.12. The minimum atomic E-state index is 0.750. The molecule has 0 aromatic heterocycles. The summed E-state index contributed by atoms with van der Waals surface area (Å²) in [5.74, 6) is 0. The molecule has 0 aromatic carbocycles. The first kappa shape index (κ1) is 9.04. The van der Waals surface area contributed by atoms with Gasteiger partial charge in [-0.05, 0) is 26.1 Å². The summed E-state index contributed by atoms with van der Waals surface area (Å²) in [7, 11) is 2.89. The van der Waals surface area contributed by atoms with Crippen molar-refractivity contribution >= 4 is 19.5 Å². The zero-order valence-corrected chi connectivity index (χ0v) is 8.28. The molecule has 34 valence electrons. The summed E-state index contributed by atoms with van der Waals surface area (Å²) in [5, 5.41) is 0. The molecule has 2 N–H and O–H groups in total. The summed E-state index contributed by atoms with van der Waals surface area (Å²) >= 11 is 0. The number of rotatable bonds is 0. The van der Waals surface area contributed by atoms with E-state index in [2.05, 4.69) is 0 Å². The molecular formula is C2H13NSi2. The Morgan fingerprint density at radius 2 is 1.60 bits per heavy atom. The molecule has 0 saturated heterocycles. The molecule has 0 saturated carbocycles. The van der Waals surface area contributed by atoms with Crippen molar-refractivity contribution in [3.05, 3.63) is 0 Å². The molecule has 1 nitrogen and oxygen atoms in total. The van der Waals surface area contributed by atoms with Crippen LogP contribution in [0, 0.1) is 0 Å². The summed E-state index contributed by atoms with van der Waals surface area (Å²) in [5.41, 5.74) is 4.85. The van der Waals surface area contributed by atoms with Crippen molar-refractivity contribution in [3.8, 4) is 0 Å². The Bertz CT molecular complexity index is 7.61. The monoisotopic (exact) mass is 107 g/mol. The van der Waals surface area contributed by atoms with Crippen LogP contribution in [0.5, 0.6) is 0 Å². The molecule has 0 rings (SSSR count). The van der Waals surface area contributed by atoms with Crippen LogP contribution in [0.25, 0.3) is 0 Å². The van der Waals surface area contributed by atoms with Gasteiger partial charge in [0.25, 0.3) is 0 Å². The van der Waals surface area contributed by atoms with Gasteiger partial charge in [-0.3, -0.25) is 0 Å². The van der Waals surface area contributed by atoms with Gasteiger partial charge in [0.1, 0.15) is 0 Å². The van der Waals surface area contributed by atoms with Gasteiger partial charge in [0.2, 0.25) is 0 Å². The lowest BCUT2D eigenvalue weighted by Crippen LogP contribution is -1.87. The van der Waals surface area contributed by atoms with E-state index in [-0.39, 0.29) is 0 Å². The van der Waals surface area contributed by atoms with Crippen LogP contribution in [-0.4, -0.2) is 26.1 Å². The molecule has 5 heavy (non-hydrogen) atoms. The zero-order valence-electron chi connectivity index (χ0n) is 4.28. The van der Waals surface area contributed by atoms with Gasteiger partial charge >= 0.3 is 0 Å². The third-order valence-electron chi connectivity index (χ3n) is 0. The highest BCUT2D eigenvalue weighted by Gasteiger charge is 1.32. The molecule has 0 amide bonds. The second-order valence-electron chi connectivity index (χ2n) is 0.408. The van der Waals surface area contributed by atoms with Crippen molar-refractivity contribution in [1.82, 2.24) is 0 Å². The molecule has 0 unspecified atom stereocenters. The van der Waals surface area contributed by atoms with E-state index in [4.69, 9.17) is 5.73 Å². The third-order valence-corrected chi connectivity index (χ3v) is 0. The second-order valence-corrected chi connectivity index (χ2v) is 0.408.